The van der Waals surface area contributed by atoms with Crippen LogP contribution in [0.4, 0.5) is 5.69 Å². The second kappa shape index (κ2) is 7.83. The van der Waals surface area contributed by atoms with Crippen molar-refractivity contribution in [2.24, 2.45) is 0 Å². The van der Waals surface area contributed by atoms with Gasteiger partial charge in [0.15, 0.2) is 5.16 Å². The second-order valence-electron chi connectivity index (χ2n) is 5.19. The summed E-state index contributed by atoms with van der Waals surface area (Å²) in [6.45, 7) is 0. The zero-order valence-corrected chi connectivity index (χ0v) is 15.4. The number of thioether (sulfide) groups is 2. The van der Waals surface area contributed by atoms with Gasteiger partial charge in [0, 0.05) is 23.1 Å². The Bertz CT molecular complexity index is 854. The molecule has 1 aromatic carbocycles. The Hall–Kier alpha value is -2.13. The molecule has 0 fully saturated rings. The van der Waals surface area contributed by atoms with E-state index in [9.17, 15) is 9.59 Å². The van der Waals surface area contributed by atoms with Gasteiger partial charge in [-0.3, -0.25) is 9.59 Å². The number of methoxy groups -OCH3 is 2. The maximum atomic E-state index is 12.2. The molecule has 0 bridgehead atoms. The number of carbonyl (C=O) groups is 1. The van der Waals surface area contributed by atoms with Crippen LogP contribution in [0.3, 0.4) is 0 Å². The Balaban J connectivity index is 1.64. The van der Waals surface area contributed by atoms with Gasteiger partial charge in [-0.2, -0.15) is 11.8 Å². The topological polar surface area (TPSA) is 93.3 Å². The van der Waals surface area contributed by atoms with E-state index in [2.05, 4.69) is 15.3 Å². The number of rotatable bonds is 6. The molecule has 0 aliphatic carbocycles. The third-order valence-electron chi connectivity index (χ3n) is 3.59. The number of ether oxygens (including phenoxy) is 2. The molecule has 2 aromatic rings. The molecule has 3 rings (SSSR count). The van der Waals surface area contributed by atoms with Crippen LogP contribution in [0.15, 0.2) is 28.2 Å². The molecule has 1 aliphatic heterocycles. The molecule has 0 atom stereocenters. The Morgan fingerprint density at radius 3 is 2.96 bits per heavy atom. The summed E-state index contributed by atoms with van der Waals surface area (Å²) in [5.74, 6) is 2.50. The first-order valence-electron chi connectivity index (χ1n) is 7.45. The van der Waals surface area contributed by atoms with Crippen molar-refractivity contribution in [2.75, 3.05) is 25.3 Å². The van der Waals surface area contributed by atoms with Crippen LogP contribution in [-0.2, 0) is 16.3 Å². The van der Waals surface area contributed by atoms with E-state index in [1.807, 2.05) is 0 Å². The highest BCUT2D eigenvalue weighted by Crippen LogP contribution is 2.29. The predicted molar refractivity (Wildman–Crippen MR) is 98.8 cm³/mol. The van der Waals surface area contributed by atoms with E-state index in [-0.39, 0.29) is 17.2 Å². The minimum atomic E-state index is -0.217. The van der Waals surface area contributed by atoms with Crippen molar-refractivity contribution in [3.8, 4) is 11.5 Å². The minimum absolute atomic E-state index is 0.116. The number of nitrogens with zero attached hydrogens (tertiary/aromatic N) is 1. The van der Waals surface area contributed by atoms with Crippen molar-refractivity contribution in [3.63, 3.8) is 0 Å². The first kappa shape index (κ1) is 17.7. The normalized spacial score (nSPS) is 12.6. The molecule has 0 saturated heterocycles. The largest absolute Gasteiger partial charge is 0.497 e. The molecule has 0 spiro atoms. The Morgan fingerprint density at radius 2 is 2.20 bits per heavy atom. The van der Waals surface area contributed by atoms with Gasteiger partial charge in [-0.25, -0.2) is 4.98 Å². The van der Waals surface area contributed by atoms with E-state index >= 15 is 0 Å². The third kappa shape index (κ3) is 4.10. The summed E-state index contributed by atoms with van der Waals surface area (Å²) >= 11 is 2.86. The minimum Gasteiger partial charge on any atom is -0.497 e. The van der Waals surface area contributed by atoms with Crippen LogP contribution in [0.5, 0.6) is 11.5 Å². The first-order valence-corrected chi connectivity index (χ1v) is 9.59. The number of aromatic nitrogens is 2. The van der Waals surface area contributed by atoms with Crippen molar-refractivity contribution in [3.05, 3.63) is 39.8 Å². The standard InChI is InChI=1S/C16H17N3O4S2/c1-22-9-3-4-11(13(5-9)23-2)17-14(20)8-25-16-18-12-7-24-6-10(12)15(21)19-16/h3-5H,6-8H2,1-2H3,(H,17,20)(H,18,19,21). The van der Waals surface area contributed by atoms with E-state index in [0.29, 0.717) is 28.1 Å². The lowest BCUT2D eigenvalue weighted by Crippen LogP contribution is -2.17. The number of amides is 1. The quantitative estimate of drug-likeness (QED) is 0.587. The maximum absolute atomic E-state index is 12.2. The van der Waals surface area contributed by atoms with Crippen molar-refractivity contribution < 1.29 is 14.3 Å². The SMILES string of the molecule is COc1ccc(NC(=O)CSc2nc3c(c(=O)[nH]2)CSC3)c(OC)c1. The van der Waals surface area contributed by atoms with Crippen molar-refractivity contribution in [1.82, 2.24) is 9.97 Å². The van der Waals surface area contributed by atoms with Crippen LogP contribution in [0.1, 0.15) is 11.3 Å². The van der Waals surface area contributed by atoms with Gasteiger partial charge in [0.25, 0.3) is 5.56 Å². The summed E-state index contributed by atoms with van der Waals surface area (Å²) in [5, 5.41) is 3.25. The summed E-state index contributed by atoms with van der Waals surface area (Å²) < 4.78 is 10.4. The first-order chi connectivity index (χ1) is 12.1. The molecule has 2 heterocycles. The molecule has 0 unspecified atom stereocenters. The molecule has 1 aromatic heterocycles. The number of hydrogen-bond donors (Lipinski definition) is 2. The van der Waals surface area contributed by atoms with E-state index in [4.69, 9.17) is 9.47 Å². The molecule has 0 radical (unpaired) electrons. The number of H-pyrrole nitrogens is 1. The average molecular weight is 379 g/mol. The second-order valence-corrected chi connectivity index (χ2v) is 7.14. The molecule has 132 valence electrons. The number of benzene rings is 1. The van der Waals surface area contributed by atoms with Gasteiger partial charge in [0.05, 0.1) is 31.4 Å². The van der Waals surface area contributed by atoms with E-state index in [1.165, 1.54) is 18.9 Å². The summed E-state index contributed by atoms with van der Waals surface area (Å²) in [6.07, 6.45) is 0. The number of nitrogens with one attached hydrogen (secondary N) is 2. The molecule has 1 aliphatic rings. The molecule has 2 N–H and O–H groups in total. The van der Waals surface area contributed by atoms with Crippen LogP contribution in [0.2, 0.25) is 0 Å². The van der Waals surface area contributed by atoms with Crippen LogP contribution in [0.25, 0.3) is 0 Å². The number of fused-ring (bicyclic) bond motifs is 1. The lowest BCUT2D eigenvalue weighted by Gasteiger charge is -2.11. The predicted octanol–water partition coefficient (Wildman–Crippen LogP) is 2.26. The van der Waals surface area contributed by atoms with Gasteiger partial charge in [0.2, 0.25) is 5.91 Å². The van der Waals surface area contributed by atoms with E-state index in [1.54, 1.807) is 37.1 Å². The monoisotopic (exact) mass is 379 g/mol. The zero-order chi connectivity index (χ0) is 17.8. The van der Waals surface area contributed by atoms with Crippen LogP contribution in [-0.4, -0.2) is 35.8 Å². The van der Waals surface area contributed by atoms with Crippen LogP contribution < -0.4 is 20.3 Å². The Kier molecular flexibility index (Phi) is 5.54. The Morgan fingerprint density at radius 1 is 1.36 bits per heavy atom. The summed E-state index contributed by atoms with van der Waals surface area (Å²) in [7, 11) is 3.09. The molecule has 7 nitrogen and oxygen atoms in total. The summed E-state index contributed by atoms with van der Waals surface area (Å²) in [6, 6.07) is 5.15. The van der Waals surface area contributed by atoms with E-state index in [0.717, 1.165) is 17.0 Å². The molecular weight excluding hydrogens is 362 g/mol. The van der Waals surface area contributed by atoms with Crippen molar-refractivity contribution in [2.45, 2.75) is 16.7 Å². The number of carbonyl (C=O) groups excluding carboxylic acids is 1. The molecule has 1 amide bonds. The third-order valence-corrected chi connectivity index (χ3v) is 5.43. The number of hydrogen-bond acceptors (Lipinski definition) is 7. The summed E-state index contributed by atoms with van der Waals surface area (Å²) in [5.41, 5.74) is 1.99. The van der Waals surface area contributed by atoms with Gasteiger partial charge in [0.1, 0.15) is 11.5 Å². The van der Waals surface area contributed by atoms with Crippen molar-refractivity contribution in [1.29, 1.82) is 0 Å². The van der Waals surface area contributed by atoms with Gasteiger partial charge < -0.3 is 19.8 Å². The van der Waals surface area contributed by atoms with Gasteiger partial charge in [-0.15, -0.1) is 0 Å². The van der Waals surface area contributed by atoms with Gasteiger partial charge in [-0.05, 0) is 12.1 Å². The lowest BCUT2D eigenvalue weighted by molar-refractivity contribution is -0.113. The highest BCUT2D eigenvalue weighted by atomic mass is 32.2. The van der Waals surface area contributed by atoms with Crippen molar-refractivity contribution >= 4 is 35.1 Å². The average Bonchev–Trinajstić information content (AvgIpc) is 3.09. The zero-order valence-electron chi connectivity index (χ0n) is 13.8. The maximum Gasteiger partial charge on any atom is 0.255 e. The molecule has 25 heavy (non-hydrogen) atoms. The fourth-order valence-electron chi connectivity index (χ4n) is 2.33. The van der Waals surface area contributed by atoms with Crippen LogP contribution >= 0.6 is 23.5 Å². The molecule has 9 heteroatoms. The summed E-state index contributed by atoms with van der Waals surface area (Å²) in [4.78, 5) is 31.3. The fraction of sp³-hybridized carbons (Fsp3) is 0.312. The molecular formula is C16H17N3O4S2. The highest BCUT2D eigenvalue weighted by Gasteiger charge is 2.18. The smallest absolute Gasteiger partial charge is 0.255 e. The lowest BCUT2D eigenvalue weighted by atomic mass is 10.2. The fourth-order valence-corrected chi connectivity index (χ4v) is 4.05. The van der Waals surface area contributed by atoms with Gasteiger partial charge >= 0.3 is 0 Å². The van der Waals surface area contributed by atoms with E-state index < -0.39 is 0 Å². The number of anilines is 1. The molecule has 0 saturated carbocycles. The van der Waals surface area contributed by atoms with Gasteiger partial charge in [-0.1, -0.05) is 11.8 Å². The Labute approximate surface area is 152 Å². The number of aromatic amines is 1. The highest BCUT2D eigenvalue weighted by molar-refractivity contribution is 7.99. The van der Waals surface area contributed by atoms with Crippen LogP contribution in [0, 0.1) is 0 Å².